The summed E-state index contributed by atoms with van der Waals surface area (Å²) in [5.41, 5.74) is -1.14. The quantitative estimate of drug-likeness (QED) is 0.599. The molecule has 0 aliphatic rings. The van der Waals surface area contributed by atoms with Gasteiger partial charge in [-0.1, -0.05) is 6.92 Å². The van der Waals surface area contributed by atoms with Crippen LogP contribution in [0.3, 0.4) is 0 Å². The van der Waals surface area contributed by atoms with Crippen molar-refractivity contribution < 1.29 is 14.7 Å². The molecule has 0 aliphatic heterocycles. The fraction of sp³-hybridized carbons (Fsp3) is 0.538. The van der Waals surface area contributed by atoms with Crippen LogP contribution in [0.2, 0.25) is 0 Å². The summed E-state index contributed by atoms with van der Waals surface area (Å²) < 4.78 is 1.10. The van der Waals surface area contributed by atoms with Crippen LogP contribution in [0.25, 0.3) is 0 Å². The Morgan fingerprint density at radius 2 is 2.10 bits per heavy atom. The molecule has 0 radical (unpaired) electrons. The monoisotopic (exact) mass is 297 g/mol. The number of aromatic nitrogens is 2. The van der Waals surface area contributed by atoms with Crippen LogP contribution in [-0.4, -0.2) is 33.1 Å². The molecule has 1 atom stereocenters. The van der Waals surface area contributed by atoms with Gasteiger partial charge in [0.25, 0.3) is 5.56 Å². The topological polar surface area (TPSA) is 121 Å². The Morgan fingerprint density at radius 3 is 2.71 bits per heavy atom. The minimum absolute atomic E-state index is 0.113. The first-order valence-electron chi connectivity index (χ1n) is 6.66. The predicted octanol–water partition coefficient (Wildman–Crippen LogP) is -0.456. The van der Waals surface area contributed by atoms with E-state index in [2.05, 4.69) is 10.3 Å². The van der Waals surface area contributed by atoms with Crippen LogP contribution in [0.15, 0.2) is 21.9 Å². The molecule has 1 heterocycles. The molecule has 0 saturated carbocycles. The summed E-state index contributed by atoms with van der Waals surface area (Å²) in [7, 11) is 0. The smallest absolute Gasteiger partial charge is 0.328 e. The first-order chi connectivity index (χ1) is 9.88. The van der Waals surface area contributed by atoms with E-state index in [1.54, 1.807) is 0 Å². The highest BCUT2D eigenvalue weighted by Crippen LogP contribution is 2.08. The van der Waals surface area contributed by atoms with E-state index in [-0.39, 0.29) is 24.8 Å². The minimum atomic E-state index is -0.830. The van der Waals surface area contributed by atoms with Crippen LogP contribution in [0.5, 0.6) is 0 Å². The van der Waals surface area contributed by atoms with Crippen molar-refractivity contribution in [1.82, 2.24) is 14.9 Å². The summed E-state index contributed by atoms with van der Waals surface area (Å²) in [6.45, 7) is 2.17. The highest BCUT2D eigenvalue weighted by molar-refractivity contribution is 5.75. The number of nitrogens with zero attached hydrogens (tertiary/aromatic N) is 1. The molecule has 1 aromatic rings. The van der Waals surface area contributed by atoms with Gasteiger partial charge in [-0.25, -0.2) is 4.79 Å². The number of hydrogen-bond acceptors (Lipinski definition) is 4. The zero-order valence-electron chi connectivity index (χ0n) is 11.8. The van der Waals surface area contributed by atoms with Crippen molar-refractivity contribution in [3.05, 3.63) is 33.1 Å². The zero-order chi connectivity index (χ0) is 15.8. The summed E-state index contributed by atoms with van der Waals surface area (Å²) in [5, 5.41) is 11.2. The summed E-state index contributed by atoms with van der Waals surface area (Å²) in [4.78, 5) is 46.4. The lowest BCUT2D eigenvalue weighted by Crippen LogP contribution is -2.36. The van der Waals surface area contributed by atoms with Gasteiger partial charge in [-0.2, -0.15) is 0 Å². The maximum absolute atomic E-state index is 11.6. The number of amides is 1. The first kappa shape index (κ1) is 16.7. The standard InChI is InChI=1S/C13H19N3O5/c1-9(2-3-12(19)20)4-6-14-11(18)8-16-7-5-10(17)15-13(16)21/h5,7,9H,2-4,6,8H2,1H3,(H,14,18)(H,19,20)(H,15,17,21). The van der Waals surface area contributed by atoms with Crippen LogP contribution in [0.1, 0.15) is 26.2 Å². The Morgan fingerprint density at radius 1 is 1.38 bits per heavy atom. The molecular formula is C13H19N3O5. The Balaban J connectivity index is 2.33. The van der Waals surface area contributed by atoms with Crippen molar-refractivity contribution >= 4 is 11.9 Å². The maximum Gasteiger partial charge on any atom is 0.328 e. The van der Waals surface area contributed by atoms with Crippen molar-refractivity contribution in [2.24, 2.45) is 5.92 Å². The van der Waals surface area contributed by atoms with E-state index in [1.165, 1.54) is 12.3 Å². The van der Waals surface area contributed by atoms with Crippen molar-refractivity contribution in [2.75, 3.05) is 6.54 Å². The van der Waals surface area contributed by atoms with Gasteiger partial charge in [-0.15, -0.1) is 0 Å². The summed E-state index contributed by atoms with van der Waals surface area (Å²) in [6.07, 6.45) is 2.60. The number of carbonyl (C=O) groups excluding carboxylic acids is 1. The molecule has 0 spiro atoms. The van der Waals surface area contributed by atoms with E-state index in [0.29, 0.717) is 19.4 Å². The molecule has 1 amide bonds. The summed E-state index contributed by atoms with van der Waals surface area (Å²) in [6, 6.07) is 1.17. The Bertz CT molecular complexity index is 604. The van der Waals surface area contributed by atoms with E-state index in [4.69, 9.17) is 5.11 Å². The van der Waals surface area contributed by atoms with Crippen molar-refractivity contribution in [3.8, 4) is 0 Å². The predicted molar refractivity (Wildman–Crippen MR) is 75.0 cm³/mol. The van der Waals surface area contributed by atoms with Crippen LogP contribution in [0, 0.1) is 5.92 Å². The number of carboxylic acid groups (broad SMARTS) is 1. The van der Waals surface area contributed by atoms with E-state index in [1.807, 2.05) is 6.92 Å². The zero-order valence-corrected chi connectivity index (χ0v) is 11.8. The van der Waals surface area contributed by atoms with Crippen molar-refractivity contribution in [2.45, 2.75) is 32.7 Å². The van der Waals surface area contributed by atoms with Gasteiger partial charge in [0.15, 0.2) is 0 Å². The van der Waals surface area contributed by atoms with Gasteiger partial charge in [0.2, 0.25) is 5.91 Å². The molecule has 0 aliphatic carbocycles. The fourth-order valence-electron chi connectivity index (χ4n) is 1.75. The average Bonchev–Trinajstić information content (AvgIpc) is 2.39. The van der Waals surface area contributed by atoms with Crippen molar-refractivity contribution in [1.29, 1.82) is 0 Å². The third-order valence-corrected chi connectivity index (χ3v) is 3.02. The molecular weight excluding hydrogens is 278 g/mol. The Kier molecular flexibility index (Phi) is 6.38. The molecule has 1 aromatic heterocycles. The van der Waals surface area contributed by atoms with Gasteiger partial charge < -0.3 is 10.4 Å². The lowest BCUT2D eigenvalue weighted by molar-refractivity contribution is -0.137. The summed E-state index contributed by atoms with van der Waals surface area (Å²) in [5.74, 6) is -0.977. The number of carbonyl (C=O) groups is 2. The van der Waals surface area contributed by atoms with Crippen LogP contribution < -0.4 is 16.6 Å². The van der Waals surface area contributed by atoms with Gasteiger partial charge in [0.05, 0.1) is 0 Å². The van der Waals surface area contributed by atoms with Crippen LogP contribution in [0.4, 0.5) is 0 Å². The van der Waals surface area contributed by atoms with Gasteiger partial charge in [0.1, 0.15) is 6.54 Å². The molecule has 0 bridgehead atoms. The lowest BCUT2D eigenvalue weighted by Gasteiger charge is -2.11. The summed E-state index contributed by atoms with van der Waals surface area (Å²) >= 11 is 0. The molecule has 0 fully saturated rings. The molecule has 116 valence electrons. The molecule has 3 N–H and O–H groups in total. The van der Waals surface area contributed by atoms with E-state index >= 15 is 0 Å². The molecule has 21 heavy (non-hydrogen) atoms. The van der Waals surface area contributed by atoms with E-state index < -0.39 is 17.2 Å². The second kappa shape index (κ2) is 8.03. The van der Waals surface area contributed by atoms with Gasteiger partial charge in [0, 0.05) is 25.2 Å². The van der Waals surface area contributed by atoms with Gasteiger partial charge in [-0.05, 0) is 18.8 Å². The first-order valence-corrected chi connectivity index (χ1v) is 6.66. The minimum Gasteiger partial charge on any atom is -0.481 e. The number of aliphatic carboxylic acids is 1. The Labute approximate surface area is 120 Å². The number of nitrogens with one attached hydrogen (secondary N) is 2. The largest absolute Gasteiger partial charge is 0.481 e. The fourth-order valence-corrected chi connectivity index (χ4v) is 1.75. The number of hydrogen-bond donors (Lipinski definition) is 3. The maximum atomic E-state index is 11.6. The molecule has 0 aromatic carbocycles. The highest BCUT2D eigenvalue weighted by Gasteiger charge is 2.08. The molecule has 8 nitrogen and oxygen atoms in total. The third kappa shape index (κ3) is 6.55. The molecule has 8 heteroatoms. The van der Waals surface area contributed by atoms with Crippen molar-refractivity contribution in [3.63, 3.8) is 0 Å². The van der Waals surface area contributed by atoms with Gasteiger partial charge in [-0.3, -0.25) is 23.9 Å². The normalized spacial score (nSPS) is 11.9. The molecule has 0 saturated heterocycles. The Hall–Kier alpha value is -2.38. The molecule has 1 unspecified atom stereocenters. The molecule has 1 rings (SSSR count). The highest BCUT2D eigenvalue weighted by atomic mass is 16.4. The van der Waals surface area contributed by atoms with E-state index in [0.717, 1.165) is 4.57 Å². The lowest BCUT2D eigenvalue weighted by atomic mass is 10.0. The SMILES string of the molecule is CC(CCNC(=O)Cn1ccc(=O)[nH]c1=O)CCC(=O)O. The average molecular weight is 297 g/mol. The van der Waals surface area contributed by atoms with Crippen LogP contribution in [-0.2, 0) is 16.1 Å². The second-order valence-corrected chi connectivity index (χ2v) is 4.91. The second-order valence-electron chi connectivity index (χ2n) is 4.91. The number of rotatable bonds is 8. The number of carboxylic acids is 1. The number of H-pyrrole nitrogens is 1. The third-order valence-electron chi connectivity index (χ3n) is 3.02. The van der Waals surface area contributed by atoms with Crippen LogP contribution >= 0.6 is 0 Å². The van der Waals surface area contributed by atoms with E-state index in [9.17, 15) is 19.2 Å². The van der Waals surface area contributed by atoms with Gasteiger partial charge >= 0.3 is 11.7 Å². The number of aromatic amines is 1.